The van der Waals surface area contributed by atoms with Crippen molar-refractivity contribution in [2.75, 3.05) is 17.7 Å². The summed E-state index contributed by atoms with van der Waals surface area (Å²) in [6, 6.07) is 7.14. The van der Waals surface area contributed by atoms with Crippen LogP contribution in [-0.2, 0) is 9.53 Å². The normalized spacial score (nSPS) is 12.4. The number of amides is 1. The fourth-order valence-corrected chi connectivity index (χ4v) is 2.04. The molecule has 112 valence electrons. The van der Waals surface area contributed by atoms with Gasteiger partial charge in [-0.05, 0) is 49.9 Å². The summed E-state index contributed by atoms with van der Waals surface area (Å²) in [5.74, 6) is 0.647. The molecule has 1 rings (SSSR count). The second-order valence-corrected chi connectivity index (χ2v) is 5.58. The molecule has 0 bridgehead atoms. The number of ether oxygens (including phenoxy) is 1. The highest BCUT2D eigenvalue weighted by Crippen LogP contribution is 2.11. The maximum atomic E-state index is 11.7. The fraction of sp³-hybridized carbons (Fsp3) is 0.562. The van der Waals surface area contributed by atoms with Crippen LogP contribution < -0.4 is 11.1 Å². The Labute approximate surface area is 121 Å². The van der Waals surface area contributed by atoms with Gasteiger partial charge in [0.2, 0.25) is 5.91 Å². The van der Waals surface area contributed by atoms with E-state index in [2.05, 4.69) is 26.1 Å². The molecule has 4 nitrogen and oxygen atoms in total. The number of anilines is 2. The molecule has 20 heavy (non-hydrogen) atoms. The van der Waals surface area contributed by atoms with E-state index >= 15 is 0 Å². The van der Waals surface area contributed by atoms with Crippen LogP contribution in [-0.4, -0.2) is 18.6 Å². The molecule has 0 aliphatic carbocycles. The van der Waals surface area contributed by atoms with Gasteiger partial charge in [-0.2, -0.15) is 0 Å². The third-order valence-corrected chi connectivity index (χ3v) is 2.95. The molecule has 0 radical (unpaired) electrons. The van der Waals surface area contributed by atoms with Gasteiger partial charge < -0.3 is 15.8 Å². The lowest BCUT2D eigenvalue weighted by Crippen LogP contribution is -2.15. The number of rotatable bonds is 8. The summed E-state index contributed by atoms with van der Waals surface area (Å²) in [5.41, 5.74) is 7.06. The van der Waals surface area contributed by atoms with Crippen LogP contribution in [0.15, 0.2) is 24.3 Å². The highest BCUT2D eigenvalue weighted by atomic mass is 16.5. The molecule has 0 aromatic heterocycles. The first-order valence-electron chi connectivity index (χ1n) is 7.24. The summed E-state index contributed by atoms with van der Waals surface area (Å²) in [5, 5.41) is 2.84. The Morgan fingerprint density at radius 1 is 1.25 bits per heavy atom. The van der Waals surface area contributed by atoms with E-state index in [-0.39, 0.29) is 12.0 Å². The third kappa shape index (κ3) is 7.14. The molecule has 0 fully saturated rings. The summed E-state index contributed by atoms with van der Waals surface area (Å²) < 4.78 is 5.67. The molecule has 1 amide bonds. The topological polar surface area (TPSA) is 64.3 Å². The Hall–Kier alpha value is -1.55. The van der Waals surface area contributed by atoms with Crippen LogP contribution in [0.5, 0.6) is 0 Å². The van der Waals surface area contributed by atoms with Crippen LogP contribution in [0.2, 0.25) is 0 Å². The molecule has 0 spiro atoms. The minimum absolute atomic E-state index is 0.00915. The van der Waals surface area contributed by atoms with Crippen LogP contribution in [0.3, 0.4) is 0 Å². The van der Waals surface area contributed by atoms with E-state index in [1.165, 1.54) is 0 Å². The van der Waals surface area contributed by atoms with Crippen molar-refractivity contribution in [1.29, 1.82) is 0 Å². The van der Waals surface area contributed by atoms with Gasteiger partial charge in [0.1, 0.15) is 0 Å². The average molecular weight is 278 g/mol. The number of hydrogen-bond donors (Lipinski definition) is 2. The van der Waals surface area contributed by atoms with E-state index in [4.69, 9.17) is 10.5 Å². The van der Waals surface area contributed by atoms with Gasteiger partial charge in [-0.1, -0.05) is 13.8 Å². The fourth-order valence-electron chi connectivity index (χ4n) is 2.04. The highest BCUT2D eigenvalue weighted by molar-refractivity contribution is 5.90. The van der Waals surface area contributed by atoms with Crippen LogP contribution in [0.4, 0.5) is 11.4 Å². The SMILES string of the molecule is CC(C)CC(C)OCCCC(=O)Nc1ccc(N)cc1. The van der Waals surface area contributed by atoms with Gasteiger partial charge in [-0.25, -0.2) is 0 Å². The summed E-state index contributed by atoms with van der Waals surface area (Å²) in [4.78, 5) is 11.7. The molecule has 0 saturated carbocycles. The monoisotopic (exact) mass is 278 g/mol. The first kappa shape index (κ1) is 16.5. The van der Waals surface area contributed by atoms with Gasteiger partial charge in [0.05, 0.1) is 6.10 Å². The van der Waals surface area contributed by atoms with E-state index < -0.39 is 0 Å². The highest BCUT2D eigenvalue weighted by Gasteiger charge is 2.06. The standard InChI is InChI=1S/C16H26N2O2/c1-12(2)11-13(3)20-10-4-5-16(19)18-15-8-6-14(17)7-9-15/h6-9,12-13H,4-5,10-11,17H2,1-3H3,(H,18,19). The summed E-state index contributed by atoms with van der Waals surface area (Å²) in [6.45, 7) is 7.07. The van der Waals surface area contributed by atoms with Gasteiger partial charge in [0.25, 0.3) is 0 Å². The Morgan fingerprint density at radius 2 is 1.90 bits per heavy atom. The summed E-state index contributed by atoms with van der Waals surface area (Å²) >= 11 is 0. The van der Waals surface area contributed by atoms with Gasteiger partial charge in [-0.15, -0.1) is 0 Å². The summed E-state index contributed by atoms with van der Waals surface area (Å²) in [6.07, 6.45) is 2.52. The molecule has 0 heterocycles. The minimum atomic E-state index is 0.00915. The zero-order valence-electron chi connectivity index (χ0n) is 12.7. The minimum Gasteiger partial charge on any atom is -0.399 e. The zero-order chi connectivity index (χ0) is 15.0. The van der Waals surface area contributed by atoms with Crippen molar-refractivity contribution in [2.45, 2.75) is 46.1 Å². The lowest BCUT2D eigenvalue weighted by atomic mass is 10.1. The Balaban J connectivity index is 2.16. The molecule has 0 saturated heterocycles. The number of carbonyl (C=O) groups is 1. The van der Waals surface area contributed by atoms with Gasteiger partial charge in [-0.3, -0.25) is 4.79 Å². The first-order chi connectivity index (χ1) is 9.47. The second kappa shape index (κ2) is 8.59. The molecule has 1 aromatic carbocycles. The van der Waals surface area contributed by atoms with E-state index in [9.17, 15) is 4.79 Å². The Bertz CT molecular complexity index is 401. The van der Waals surface area contributed by atoms with Gasteiger partial charge >= 0.3 is 0 Å². The van der Waals surface area contributed by atoms with Crippen LogP contribution >= 0.6 is 0 Å². The average Bonchev–Trinajstić information content (AvgIpc) is 2.37. The second-order valence-electron chi connectivity index (χ2n) is 5.58. The van der Waals surface area contributed by atoms with E-state index in [1.807, 2.05) is 0 Å². The van der Waals surface area contributed by atoms with Crippen LogP contribution in [0.1, 0.15) is 40.0 Å². The quantitative estimate of drug-likeness (QED) is 0.565. The van der Waals surface area contributed by atoms with Crippen molar-refractivity contribution in [1.82, 2.24) is 0 Å². The zero-order valence-corrected chi connectivity index (χ0v) is 12.7. The molecule has 1 aromatic rings. The number of nitrogens with one attached hydrogen (secondary N) is 1. The van der Waals surface area contributed by atoms with E-state index in [0.29, 0.717) is 24.6 Å². The van der Waals surface area contributed by atoms with Crippen molar-refractivity contribution in [3.8, 4) is 0 Å². The Kier molecular flexibility index (Phi) is 7.09. The number of nitrogen functional groups attached to an aromatic ring is 1. The van der Waals surface area contributed by atoms with E-state index in [1.54, 1.807) is 24.3 Å². The van der Waals surface area contributed by atoms with Crippen molar-refractivity contribution in [3.63, 3.8) is 0 Å². The molecule has 1 atom stereocenters. The van der Waals surface area contributed by atoms with Crippen LogP contribution in [0.25, 0.3) is 0 Å². The van der Waals surface area contributed by atoms with E-state index in [0.717, 1.165) is 18.5 Å². The van der Waals surface area contributed by atoms with Crippen molar-refractivity contribution < 1.29 is 9.53 Å². The third-order valence-electron chi connectivity index (χ3n) is 2.95. The number of carbonyl (C=O) groups excluding carboxylic acids is 1. The molecular formula is C16H26N2O2. The van der Waals surface area contributed by atoms with Crippen molar-refractivity contribution in [3.05, 3.63) is 24.3 Å². The number of benzene rings is 1. The molecule has 1 unspecified atom stereocenters. The lowest BCUT2D eigenvalue weighted by molar-refractivity contribution is -0.116. The predicted molar refractivity (Wildman–Crippen MR) is 83.6 cm³/mol. The predicted octanol–water partition coefficient (Wildman–Crippen LogP) is 3.44. The molecule has 3 N–H and O–H groups in total. The largest absolute Gasteiger partial charge is 0.399 e. The smallest absolute Gasteiger partial charge is 0.224 e. The van der Waals surface area contributed by atoms with Gasteiger partial charge in [0.15, 0.2) is 0 Å². The summed E-state index contributed by atoms with van der Waals surface area (Å²) in [7, 11) is 0. The maximum absolute atomic E-state index is 11.7. The molecule has 0 aliphatic rings. The molecule has 4 heteroatoms. The van der Waals surface area contributed by atoms with Crippen molar-refractivity contribution >= 4 is 17.3 Å². The van der Waals surface area contributed by atoms with Crippen LogP contribution in [0, 0.1) is 5.92 Å². The molecular weight excluding hydrogens is 252 g/mol. The Morgan fingerprint density at radius 3 is 2.50 bits per heavy atom. The molecule has 0 aliphatic heterocycles. The maximum Gasteiger partial charge on any atom is 0.224 e. The van der Waals surface area contributed by atoms with Gasteiger partial charge in [0, 0.05) is 24.4 Å². The number of nitrogens with two attached hydrogens (primary N) is 1. The van der Waals surface area contributed by atoms with Crippen molar-refractivity contribution in [2.24, 2.45) is 5.92 Å². The lowest BCUT2D eigenvalue weighted by Gasteiger charge is -2.14. The number of hydrogen-bond acceptors (Lipinski definition) is 3. The first-order valence-corrected chi connectivity index (χ1v) is 7.24.